The molecule has 0 bridgehead atoms. The van der Waals surface area contributed by atoms with Gasteiger partial charge in [-0.05, 0) is 61.9 Å². The normalized spacial score (nSPS) is 17.5. The topological polar surface area (TPSA) is 135 Å². The lowest BCUT2D eigenvalue weighted by atomic mass is 9.90. The Bertz CT molecular complexity index is 1180. The van der Waals surface area contributed by atoms with Crippen molar-refractivity contribution in [3.05, 3.63) is 59.7 Å². The highest BCUT2D eigenvalue weighted by molar-refractivity contribution is 7.89. The minimum Gasteiger partial charge on any atom is -0.496 e. The van der Waals surface area contributed by atoms with E-state index in [0.29, 0.717) is 37.4 Å². The van der Waals surface area contributed by atoms with E-state index < -0.39 is 34.2 Å². The fourth-order valence-electron chi connectivity index (χ4n) is 4.80. The second-order valence-corrected chi connectivity index (χ2v) is 11.9. The molecule has 39 heavy (non-hydrogen) atoms. The molecule has 10 nitrogen and oxygen atoms in total. The molecule has 1 amide bonds. The fourth-order valence-corrected chi connectivity index (χ4v) is 6.44. The number of methoxy groups -OCH3 is 1. The van der Waals surface area contributed by atoms with Crippen LogP contribution in [0.2, 0.25) is 0 Å². The number of amides is 1. The second-order valence-electron chi connectivity index (χ2n) is 9.99. The summed E-state index contributed by atoms with van der Waals surface area (Å²) in [4.78, 5) is 11.5. The van der Waals surface area contributed by atoms with Gasteiger partial charge in [-0.25, -0.2) is 13.2 Å². The Morgan fingerprint density at radius 3 is 2.41 bits per heavy atom. The zero-order chi connectivity index (χ0) is 28.6. The van der Waals surface area contributed by atoms with Gasteiger partial charge in [0.15, 0.2) is 5.79 Å². The van der Waals surface area contributed by atoms with E-state index >= 15 is 0 Å². The molecule has 1 heterocycles. The number of aliphatic hydroxyl groups is 1. The van der Waals surface area contributed by atoms with Crippen molar-refractivity contribution in [2.75, 3.05) is 20.3 Å². The van der Waals surface area contributed by atoms with Crippen LogP contribution in [0.1, 0.15) is 51.2 Å². The molecule has 2 aromatic carbocycles. The Balaban J connectivity index is 1.95. The lowest BCUT2D eigenvalue weighted by Gasteiger charge is -2.32. The third kappa shape index (κ3) is 8.15. The third-order valence-corrected chi connectivity index (χ3v) is 8.89. The molecule has 0 spiro atoms. The maximum atomic E-state index is 14.0. The van der Waals surface area contributed by atoms with Crippen molar-refractivity contribution in [1.29, 1.82) is 0 Å². The van der Waals surface area contributed by atoms with Crippen LogP contribution in [0.4, 0.5) is 4.79 Å². The number of nitrogens with zero attached hydrogens (tertiary/aromatic N) is 1. The van der Waals surface area contributed by atoms with E-state index in [4.69, 9.17) is 14.2 Å². The highest BCUT2D eigenvalue weighted by Crippen LogP contribution is 2.32. The molecule has 0 saturated carbocycles. The molecule has 3 N–H and O–H groups in total. The number of rotatable bonds is 14. The van der Waals surface area contributed by atoms with E-state index in [1.807, 2.05) is 6.92 Å². The lowest BCUT2D eigenvalue weighted by Crippen LogP contribution is -2.55. The first kappa shape index (κ1) is 30.8. The zero-order valence-corrected chi connectivity index (χ0v) is 23.8. The SMILES string of the molecule is CCC(CCC1(C)OCCO1)Cc1cc(S(=O)(=O)N(Cc2ccccc2)[C@H](NC(=O)O)[C@@H](C)O)ccc1OC. The molecule has 1 aliphatic heterocycles. The number of nitrogens with one attached hydrogen (secondary N) is 1. The molecule has 1 aliphatic rings. The van der Waals surface area contributed by atoms with Crippen LogP contribution >= 0.6 is 0 Å². The molecular formula is C28H40N2O8S. The van der Waals surface area contributed by atoms with Crippen LogP contribution in [-0.4, -0.2) is 67.4 Å². The summed E-state index contributed by atoms with van der Waals surface area (Å²) in [5.41, 5.74) is 1.37. The van der Waals surface area contributed by atoms with Crippen molar-refractivity contribution < 1.29 is 37.6 Å². The third-order valence-electron chi connectivity index (χ3n) is 7.07. The molecule has 1 fully saturated rings. The Hall–Kier alpha value is -2.70. The average molecular weight is 565 g/mol. The van der Waals surface area contributed by atoms with E-state index in [0.717, 1.165) is 22.7 Å². The molecule has 0 radical (unpaired) electrons. The molecule has 11 heteroatoms. The minimum absolute atomic E-state index is 0.0173. The Morgan fingerprint density at radius 1 is 1.18 bits per heavy atom. The predicted molar refractivity (Wildman–Crippen MR) is 146 cm³/mol. The molecule has 0 aromatic heterocycles. The van der Waals surface area contributed by atoms with Crippen molar-refractivity contribution >= 4 is 16.1 Å². The van der Waals surface area contributed by atoms with Gasteiger partial charge in [-0.1, -0.05) is 43.7 Å². The van der Waals surface area contributed by atoms with E-state index in [1.54, 1.807) is 42.5 Å². The van der Waals surface area contributed by atoms with E-state index in [2.05, 4.69) is 12.2 Å². The zero-order valence-electron chi connectivity index (χ0n) is 23.0. The number of hydrogen-bond acceptors (Lipinski definition) is 7. The summed E-state index contributed by atoms with van der Waals surface area (Å²) in [7, 11) is -2.72. The summed E-state index contributed by atoms with van der Waals surface area (Å²) < 4.78 is 46.1. The monoisotopic (exact) mass is 564 g/mol. The van der Waals surface area contributed by atoms with Gasteiger partial charge in [-0.2, -0.15) is 4.31 Å². The summed E-state index contributed by atoms with van der Waals surface area (Å²) >= 11 is 0. The van der Waals surface area contributed by atoms with Crippen molar-refractivity contribution in [1.82, 2.24) is 9.62 Å². The summed E-state index contributed by atoms with van der Waals surface area (Å²) in [6.07, 6.45) is -1.20. The number of carbonyl (C=O) groups is 1. The first-order chi connectivity index (χ1) is 18.5. The van der Waals surface area contributed by atoms with Crippen molar-refractivity contribution in [2.24, 2.45) is 5.92 Å². The number of sulfonamides is 1. The minimum atomic E-state index is -4.26. The smallest absolute Gasteiger partial charge is 0.406 e. The first-order valence-corrected chi connectivity index (χ1v) is 14.6. The Kier molecular flexibility index (Phi) is 10.7. The van der Waals surface area contributed by atoms with Crippen LogP contribution in [0.5, 0.6) is 5.75 Å². The molecule has 1 saturated heterocycles. The molecule has 3 rings (SSSR count). The highest BCUT2D eigenvalue weighted by Gasteiger charge is 2.36. The van der Waals surface area contributed by atoms with Crippen LogP contribution in [0, 0.1) is 5.92 Å². The second kappa shape index (κ2) is 13.6. The maximum Gasteiger partial charge on any atom is 0.406 e. The van der Waals surface area contributed by atoms with Crippen LogP contribution in [0.15, 0.2) is 53.4 Å². The number of aliphatic hydroxyl groups excluding tert-OH is 1. The first-order valence-electron chi connectivity index (χ1n) is 13.2. The van der Waals surface area contributed by atoms with Gasteiger partial charge >= 0.3 is 6.09 Å². The summed E-state index contributed by atoms with van der Waals surface area (Å²) in [6, 6.07) is 13.5. The van der Waals surface area contributed by atoms with Crippen molar-refractivity contribution in [3.63, 3.8) is 0 Å². The van der Waals surface area contributed by atoms with Crippen molar-refractivity contribution in [3.8, 4) is 5.75 Å². The fraction of sp³-hybridized carbons (Fsp3) is 0.536. The molecule has 1 unspecified atom stereocenters. The van der Waals surface area contributed by atoms with Crippen molar-refractivity contribution in [2.45, 2.75) is 76.0 Å². The molecule has 216 valence electrons. The predicted octanol–water partition coefficient (Wildman–Crippen LogP) is 3.97. The maximum absolute atomic E-state index is 14.0. The summed E-state index contributed by atoms with van der Waals surface area (Å²) in [5, 5.41) is 22.0. The van der Waals surface area contributed by atoms with E-state index in [-0.39, 0.29) is 17.4 Å². The number of benzene rings is 2. The highest BCUT2D eigenvalue weighted by atomic mass is 32.2. The Labute approximate surface area is 230 Å². The van der Waals surface area contributed by atoms with Gasteiger partial charge in [0.05, 0.1) is 31.3 Å². The number of hydrogen-bond donors (Lipinski definition) is 3. The van der Waals surface area contributed by atoms with E-state index in [9.17, 15) is 23.4 Å². The standard InChI is InChI=1S/C28H40N2O8S/c1-5-21(13-14-28(3)37-15-16-38-28)17-23-18-24(11-12-25(23)36-4)39(34,35)30(19-22-9-7-6-8-10-22)26(20(2)31)29-27(32)33/h6-12,18,20-21,26,29,31H,5,13-17,19H2,1-4H3,(H,32,33)/t20-,21?,26+/m1/s1. The molecule has 2 aromatic rings. The van der Waals surface area contributed by atoms with Gasteiger partial charge in [0.25, 0.3) is 0 Å². The van der Waals surface area contributed by atoms with Gasteiger partial charge in [0.2, 0.25) is 10.0 Å². The van der Waals surface area contributed by atoms with Gasteiger partial charge in [-0.3, -0.25) is 0 Å². The number of carboxylic acid groups (broad SMARTS) is 1. The van der Waals surface area contributed by atoms with Gasteiger partial charge in [0, 0.05) is 13.0 Å². The van der Waals surface area contributed by atoms with Crippen LogP contribution < -0.4 is 10.1 Å². The lowest BCUT2D eigenvalue weighted by molar-refractivity contribution is -0.149. The number of ether oxygens (including phenoxy) is 3. The van der Waals surface area contributed by atoms with Gasteiger partial charge in [-0.15, -0.1) is 0 Å². The van der Waals surface area contributed by atoms with Crippen LogP contribution in [0.25, 0.3) is 0 Å². The average Bonchev–Trinajstić information content (AvgIpc) is 3.35. The molecule has 0 aliphatic carbocycles. The quantitative estimate of drug-likeness (QED) is 0.294. The van der Waals surface area contributed by atoms with Gasteiger partial charge in [0.1, 0.15) is 11.9 Å². The summed E-state index contributed by atoms with van der Waals surface area (Å²) in [6.45, 7) is 6.37. The molecule has 3 atom stereocenters. The Morgan fingerprint density at radius 2 is 1.85 bits per heavy atom. The summed E-state index contributed by atoms with van der Waals surface area (Å²) in [5.74, 6) is 0.187. The van der Waals surface area contributed by atoms with Crippen LogP contribution in [-0.2, 0) is 32.5 Å². The molecular weight excluding hydrogens is 524 g/mol. The van der Waals surface area contributed by atoms with E-state index in [1.165, 1.54) is 20.1 Å². The van der Waals surface area contributed by atoms with Gasteiger partial charge < -0.3 is 29.7 Å². The largest absolute Gasteiger partial charge is 0.496 e. The van der Waals surface area contributed by atoms with Crippen LogP contribution in [0.3, 0.4) is 0 Å².